The van der Waals surface area contributed by atoms with Crippen molar-refractivity contribution in [2.75, 3.05) is 16.6 Å². The zero-order chi connectivity index (χ0) is 14.9. The van der Waals surface area contributed by atoms with Gasteiger partial charge in [-0.3, -0.25) is 4.72 Å². The third-order valence-corrected chi connectivity index (χ3v) is 4.82. The van der Waals surface area contributed by atoms with Gasteiger partial charge in [-0.1, -0.05) is 6.92 Å². The first-order valence-corrected chi connectivity index (χ1v) is 8.50. The van der Waals surface area contributed by atoms with Crippen LogP contribution in [-0.2, 0) is 22.9 Å². The Morgan fingerprint density at radius 1 is 1.38 bits per heavy atom. The van der Waals surface area contributed by atoms with Crippen LogP contribution in [0.25, 0.3) is 0 Å². The highest BCUT2D eigenvalue weighted by atomic mass is 32.2. The Labute approximate surface area is 124 Å². The molecule has 0 aliphatic carbocycles. The number of benzene rings is 1. The first-order valence-electron chi connectivity index (χ1n) is 7.02. The molecule has 7 heteroatoms. The first-order chi connectivity index (χ1) is 10.1. The van der Waals surface area contributed by atoms with E-state index < -0.39 is 10.0 Å². The maximum Gasteiger partial charge on any atom is 0.278 e. The van der Waals surface area contributed by atoms with Crippen molar-refractivity contribution < 1.29 is 8.42 Å². The Bertz CT molecular complexity index is 752. The van der Waals surface area contributed by atoms with Crippen molar-refractivity contribution in [1.82, 2.24) is 9.97 Å². The summed E-state index contributed by atoms with van der Waals surface area (Å²) in [5.41, 5.74) is 2.80. The second kappa shape index (κ2) is 5.40. The maximum absolute atomic E-state index is 12.3. The summed E-state index contributed by atoms with van der Waals surface area (Å²) in [5, 5.41) is 3.39. The molecule has 0 bridgehead atoms. The molecule has 0 fully saturated rings. The molecule has 112 valence electrons. The molecule has 1 aromatic carbocycles. The lowest BCUT2D eigenvalue weighted by Crippen LogP contribution is -2.15. The molecule has 0 saturated carbocycles. The Morgan fingerprint density at radius 3 is 3.00 bits per heavy atom. The number of aryl methyl sites for hydroxylation is 2. The van der Waals surface area contributed by atoms with Gasteiger partial charge in [0.05, 0.1) is 6.20 Å². The molecular weight excluding hydrogens is 288 g/mol. The van der Waals surface area contributed by atoms with E-state index in [4.69, 9.17) is 0 Å². The number of imidazole rings is 1. The van der Waals surface area contributed by atoms with Gasteiger partial charge in [0, 0.05) is 24.3 Å². The van der Waals surface area contributed by atoms with E-state index in [0.717, 1.165) is 30.6 Å². The highest BCUT2D eigenvalue weighted by molar-refractivity contribution is 7.92. The Kier molecular flexibility index (Phi) is 3.59. The van der Waals surface area contributed by atoms with Gasteiger partial charge >= 0.3 is 0 Å². The normalized spacial score (nSPS) is 14.3. The molecule has 3 N–H and O–H groups in total. The van der Waals surface area contributed by atoms with E-state index in [9.17, 15) is 8.42 Å². The average molecular weight is 306 g/mol. The standard InChI is InChI=1S/C14H18N4O2S/c1-2-13-16-9-14(17-13)21(19,20)18-11-5-6-12-10(8-11)4-3-7-15-12/h5-6,8-9,15,18H,2-4,7H2,1H3,(H,16,17). The highest BCUT2D eigenvalue weighted by Gasteiger charge is 2.18. The molecule has 0 saturated heterocycles. The molecule has 1 aliphatic heterocycles. The van der Waals surface area contributed by atoms with Crippen LogP contribution in [0.2, 0.25) is 0 Å². The number of H-pyrrole nitrogens is 1. The van der Waals surface area contributed by atoms with Crippen LogP contribution in [0.5, 0.6) is 0 Å². The van der Waals surface area contributed by atoms with Gasteiger partial charge in [0.15, 0.2) is 5.03 Å². The lowest BCUT2D eigenvalue weighted by molar-refractivity contribution is 0.598. The van der Waals surface area contributed by atoms with Gasteiger partial charge in [0.25, 0.3) is 10.0 Å². The van der Waals surface area contributed by atoms with E-state index in [2.05, 4.69) is 20.0 Å². The second-order valence-electron chi connectivity index (χ2n) is 5.06. The predicted octanol–water partition coefficient (Wildman–Crippen LogP) is 2.13. The summed E-state index contributed by atoms with van der Waals surface area (Å²) in [4.78, 5) is 6.84. The van der Waals surface area contributed by atoms with E-state index in [1.807, 2.05) is 19.1 Å². The molecule has 0 radical (unpaired) electrons. The molecule has 1 aliphatic rings. The van der Waals surface area contributed by atoms with E-state index >= 15 is 0 Å². The minimum absolute atomic E-state index is 0.0928. The minimum Gasteiger partial charge on any atom is -0.385 e. The van der Waals surface area contributed by atoms with Crippen LogP contribution in [0.3, 0.4) is 0 Å². The third kappa shape index (κ3) is 2.87. The van der Waals surface area contributed by atoms with Crippen LogP contribution < -0.4 is 10.0 Å². The number of nitrogens with one attached hydrogen (secondary N) is 3. The fraction of sp³-hybridized carbons (Fsp3) is 0.357. The maximum atomic E-state index is 12.3. The lowest BCUT2D eigenvalue weighted by Gasteiger charge is -2.18. The van der Waals surface area contributed by atoms with E-state index in [1.165, 1.54) is 6.20 Å². The molecule has 1 aromatic heterocycles. The highest BCUT2D eigenvalue weighted by Crippen LogP contribution is 2.26. The number of aromatic amines is 1. The molecule has 0 amide bonds. The summed E-state index contributed by atoms with van der Waals surface area (Å²) < 4.78 is 27.2. The van der Waals surface area contributed by atoms with Crippen molar-refractivity contribution >= 4 is 21.4 Å². The molecular formula is C14H18N4O2S. The summed E-state index contributed by atoms with van der Waals surface area (Å²) in [6, 6.07) is 5.57. The van der Waals surface area contributed by atoms with Gasteiger partial charge < -0.3 is 10.3 Å². The number of sulfonamides is 1. The van der Waals surface area contributed by atoms with E-state index in [1.54, 1.807) is 6.07 Å². The SMILES string of the molecule is CCc1ncc(S(=O)(=O)Nc2ccc3c(c2)CCCN3)[nH]1. The van der Waals surface area contributed by atoms with Crippen LogP contribution in [0, 0.1) is 0 Å². The Hall–Kier alpha value is -2.02. The predicted molar refractivity (Wildman–Crippen MR) is 82.0 cm³/mol. The minimum atomic E-state index is -3.62. The number of hydrogen-bond acceptors (Lipinski definition) is 4. The van der Waals surface area contributed by atoms with Crippen LogP contribution in [0.4, 0.5) is 11.4 Å². The van der Waals surface area contributed by atoms with Gasteiger partial charge in [0.2, 0.25) is 0 Å². The topological polar surface area (TPSA) is 86.9 Å². The second-order valence-corrected chi connectivity index (χ2v) is 6.71. The van der Waals surface area contributed by atoms with E-state index in [-0.39, 0.29) is 5.03 Å². The van der Waals surface area contributed by atoms with Crippen molar-refractivity contribution in [2.24, 2.45) is 0 Å². The molecule has 0 unspecified atom stereocenters. The van der Waals surface area contributed by atoms with Crippen LogP contribution >= 0.6 is 0 Å². The summed E-state index contributed by atoms with van der Waals surface area (Å²) in [7, 11) is -3.62. The number of hydrogen-bond donors (Lipinski definition) is 3. The molecule has 6 nitrogen and oxygen atoms in total. The molecule has 3 rings (SSSR count). The van der Waals surface area contributed by atoms with Gasteiger partial charge in [0.1, 0.15) is 5.82 Å². The smallest absolute Gasteiger partial charge is 0.278 e. The van der Waals surface area contributed by atoms with E-state index in [0.29, 0.717) is 17.9 Å². The first kappa shape index (κ1) is 13.9. The van der Waals surface area contributed by atoms with Crippen LogP contribution in [0.1, 0.15) is 24.7 Å². The molecule has 0 spiro atoms. The zero-order valence-electron chi connectivity index (χ0n) is 11.8. The monoisotopic (exact) mass is 306 g/mol. The van der Waals surface area contributed by atoms with Crippen molar-refractivity contribution in [3.8, 4) is 0 Å². The van der Waals surface area contributed by atoms with Gasteiger partial charge in [-0.05, 0) is 36.6 Å². The van der Waals surface area contributed by atoms with Crippen molar-refractivity contribution in [1.29, 1.82) is 0 Å². The van der Waals surface area contributed by atoms with Crippen LogP contribution in [-0.4, -0.2) is 24.9 Å². The number of aromatic nitrogens is 2. The average Bonchev–Trinajstić information content (AvgIpc) is 2.96. The molecule has 21 heavy (non-hydrogen) atoms. The fourth-order valence-electron chi connectivity index (χ4n) is 2.41. The number of nitrogens with zero attached hydrogens (tertiary/aromatic N) is 1. The summed E-state index contributed by atoms with van der Waals surface area (Å²) in [6.07, 6.45) is 4.03. The third-order valence-electron chi connectivity index (χ3n) is 3.53. The quantitative estimate of drug-likeness (QED) is 0.807. The molecule has 0 atom stereocenters. The number of rotatable bonds is 4. The van der Waals surface area contributed by atoms with Gasteiger partial charge in [-0.25, -0.2) is 4.98 Å². The van der Waals surface area contributed by atoms with Gasteiger partial charge in [-0.2, -0.15) is 8.42 Å². The summed E-state index contributed by atoms with van der Waals surface area (Å²) in [5.74, 6) is 0.657. The van der Waals surface area contributed by atoms with Crippen molar-refractivity contribution in [3.63, 3.8) is 0 Å². The van der Waals surface area contributed by atoms with Crippen LogP contribution in [0.15, 0.2) is 29.4 Å². The zero-order valence-corrected chi connectivity index (χ0v) is 12.6. The van der Waals surface area contributed by atoms with Crippen molar-refractivity contribution in [3.05, 3.63) is 35.8 Å². The molecule has 2 heterocycles. The number of anilines is 2. The van der Waals surface area contributed by atoms with Gasteiger partial charge in [-0.15, -0.1) is 0 Å². The van der Waals surface area contributed by atoms with Crippen molar-refractivity contribution in [2.45, 2.75) is 31.2 Å². The fourth-order valence-corrected chi connectivity index (χ4v) is 3.40. The lowest BCUT2D eigenvalue weighted by atomic mass is 10.0. The Morgan fingerprint density at radius 2 is 2.24 bits per heavy atom. The summed E-state index contributed by atoms with van der Waals surface area (Å²) >= 11 is 0. The molecule has 2 aromatic rings. The number of fused-ring (bicyclic) bond motifs is 1. The summed E-state index contributed by atoms with van der Waals surface area (Å²) in [6.45, 7) is 2.88. The Balaban J connectivity index is 1.85. The largest absolute Gasteiger partial charge is 0.385 e.